The van der Waals surface area contributed by atoms with Gasteiger partial charge in [0.2, 0.25) is 0 Å². The van der Waals surface area contributed by atoms with Crippen LogP contribution in [-0.2, 0) is 4.79 Å². The molecule has 2 heteroatoms. The number of rotatable bonds is 16. The van der Waals surface area contributed by atoms with Gasteiger partial charge in [-0.15, -0.1) is 0 Å². The number of carboxylic acid groups (broad SMARTS) is 1. The molecular formula is C21H42O2. The Morgan fingerprint density at radius 1 is 0.652 bits per heavy atom. The number of hydrogen-bond donors (Lipinski definition) is 1. The summed E-state index contributed by atoms with van der Waals surface area (Å²) in [6, 6.07) is 0. The zero-order valence-corrected chi connectivity index (χ0v) is 16.0. The highest BCUT2D eigenvalue weighted by molar-refractivity contribution is 5.78. The van der Waals surface area contributed by atoms with Crippen LogP contribution in [0.5, 0.6) is 0 Å². The van der Waals surface area contributed by atoms with E-state index in [4.69, 9.17) is 5.11 Å². The molecule has 1 N–H and O–H groups in total. The van der Waals surface area contributed by atoms with E-state index in [1.54, 1.807) is 0 Å². The third-order valence-corrected chi connectivity index (χ3v) is 4.13. The second kappa shape index (κ2) is 23.5. The van der Waals surface area contributed by atoms with Crippen molar-refractivity contribution in [3.8, 4) is 0 Å². The molecule has 23 heavy (non-hydrogen) atoms. The molecule has 0 unspecified atom stereocenters. The van der Waals surface area contributed by atoms with Gasteiger partial charge in [0.25, 0.3) is 0 Å². The first-order valence-corrected chi connectivity index (χ1v) is 10.0. The molecule has 0 aromatic heterocycles. The van der Waals surface area contributed by atoms with Crippen molar-refractivity contribution in [2.24, 2.45) is 0 Å². The first-order chi connectivity index (χ1) is 11.2. The molecule has 0 aromatic rings. The molecular weight excluding hydrogens is 284 g/mol. The van der Waals surface area contributed by atoms with Crippen LogP contribution in [0, 0.1) is 0 Å². The molecule has 0 atom stereocenters. The summed E-state index contributed by atoms with van der Waals surface area (Å²) in [5, 5.41) is 7.60. The Hall–Kier alpha value is -0.790. The van der Waals surface area contributed by atoms with E-state index in [1.165, 1.54) is 103 Å². The van der Waals surface area contributed by atoms with Gasteiger partial charge in [-0.05, 0) is 0 Å². The summed E-state index contributed by atoms with van der Waals surface area (Å²) >= 11 is 0. The van der Waals surface area contributed by atoms with Crippen molar-refractivity contribution >= 4 is 5.97 Å². The van der Waals surface area contributed by atoms with E-state index >= 15 is 0 Å². The van der Waals surface area contributed by atoms with Gasteiger partial charge in [0.1, 0.15) is 0 Å². The van der Waals surface area contributed by atoms with Gasteiger partial charge >= 0.3 is 5.97 Å². The maximum absolute atomic E-state index is 9.25. The summed E-state index contributed by atoms with van der Waals surface area (Å²) < 4.78 is 0. The lowest BCUT2D eigenvalue weighted by molar-refractivity contribution is -0.131. The molecule has 0 bridgehead atoms. The predicted molar refractivity (Wildman–Crippen MR) is 103 cm³/mol. The Kier molecular flexibility index (Phi) is 25.0. The molecule has 0 heterocycles. The van der Waals surface area contributed by atoms with Crippen LogP contribution in [0.15, 0.2) is 12.7 Å². The minimum atomic E-state index is -0.981. The molecule has 0 spiro atoms. The SMILES string of the molecule is C=CC(=O)O.CCCCCCCCCCCCCCCCCC. The Balaban J connectivity index is 0. The minimum absolute atomic E-state index is 0.833. The number of carbonyl (C=O) groups is 1. The number of hydrogen-bond acceptors (Lipinski definition) is 1. The summed E-state index contributed by atoms with van der Waals surface area (Å²) in [6.07, 6.45) is 24.2. The highest BCUT2D eigenvalue weighted by atomic mass is 16.4. The lowest BCUT2D eigenvalue weighted by atomic mass is 10.0. The van der Waals surface area contributed by atoms with Gasteiger partial charge in [0.05, 0.1) is 0 Å². The van der Waals surface area contributed by atoms with Crippen molar-refractivity contribution in [2.75, 3.05) is 0 Å². The van der Waals surface area contributed by atoms with Crippen molar-refractivity contribution in [1.29, 1.82) is 0 Å². The minimum Gasteiger partial charge on any atom is -0.478 e. The topological polar surface area (TPSA) is 37.3 Å². The summed E-state index contributed by atoms with van der Waals surface area (Å²) in [5.74, 6) is -0.981. The second-order valence-corrected chi connectivity index (χ2v) is 6.49. The molecule has 0 radical (unpaired) electrons. The van der Waals surface area contributed by atoms with Gasteiger partial charge < -0.3 is 5.11 Å². The van der Waals surface area contributed by atoms with Gasteiger partial charge in [-0.3, -0.25) is 0 Å². The molecule has 0 aromatic carbocycles. The van der Waals surface area contributed by atoms with Crippen molar-refractivity contribution in [1.82, 2.24) is 0 Å². The zero-order chi connectivity index (χ0) is 17.6. The predicted octanol–water partition coefficient (Wildman–Crippen LogP) is 7.52. The molecule has 0 aliphatic heterocycles. The first kappa shape index (κ1) is 24.5. The fraction of sp³-hybridized carbons (Fsp3) is 0.857. The van der Waals surface area contributed by atoms with Crippen LogP contribution in [0.1, 0.15) is 117 Å². The summed E-state index contributed by atoms with van der Waals surface area (Å²) in [4.78, 5) is 9.25. The summed E-state index contributed by atoms with van der Waals surface area (Å²) in [6.45, 7) is 7.55. The highest BCUT2D eigenvalue weighted by Gasteiger charge is 1.93. The molecule has 138 valence electrons. The van der Waals surface area contributed by atoms with E-state index in [0.717, 1.165) is 6.08 Å². The molecule has 0 saturated carbocycles. The largest absolute Gasteiger partial charge is 0.478 e. The second-order valence-electron chi connectivity index (χ2n) is 6.49. The maximum atomic E-state index is 9.25. The Labute approximate surface area is 145 Å². The van der Waals surface area contributed by atoms with E-state index < -0.39 is 5.97 Å². The monoisotopic (exact) mass is 326 g/mol. The van der Waals surface area contributed by atoms with Crippen LogP contribution in [0.2, 0.25) is 0 Å². The standard InChI is InChI=1S/C18H38.C3H4O2/c1-3-5-7-9-11-13-15-17-18-16-14-12-10-8-6-4-2;1-2-3(4)5/h3-18H2,1-2H3;2H,1H2,(H,4,5). The van der Waals surface area contributed by atoms with Crippen LogP contribution < -0.4 is 0 Å². The lowest BCUT2D eigenvalue weighted by Crippen LogP contribution is -1.83. The van der Waals surface area contributed by atoms with Crippen LogP contribution in [0.4, 0.5) is 0 Å². The quantitative estimate of drug-likeness (QED) is 0.235. The third kappa shape index (κ3) is 29.8. The average molecular weight is 327 g/mol. The van der Waals surface area contributed by atoms with Crippen molar-refractivity contribution in [3.05, 3.63) is 12.7 Å². The van der Waals surface area contributed by atoms with Gasteiger partial charge in [-0.25, -0.2) is 4.79 Å². The molecule has 0 amide bonds. The van der Waals surface area contributed by atoms with Crippen molar-refractivity contribution < 1.29 is 9.90 Å². The maximum Gasteiger partial charge on any atom is 0.327 e. The van der Waals surface area contributed by atoms with Crippen LogP contribution >= 0.6 is 0 Å². The number of carboxylic acids is 1. The van der Waals surface area contributed by atoms with Gasteiger partial charge in [-0.2, -0.15) is 0 Å². The summed E-state index contributed by atoms with van der Waals surface area (Å²) in [5.41, 5.74) is 0. The first-order valence-electron chi connectivity index (χ1n) is 10.0. The average Bonchev–Trinajstić information content (AvgIpc) is 2.55. The van der Waals surface area contributed by atoms with Gasteiger partial charge in [0.15, 0.2) is 0 Å². The fourth-order valence-electron chi connectivity index (χ4n) is 2.62. The van der Waals surface area contributed by atoms with Crippen molar-refractivity contribution in [2.45, 2.75) is 117 Å². The van der Waals surface area contributed by atoms with Gasteiger partial charge in [-0.1, -0.05) is 123 Å². The van der Waals surface area contributed by atoms with Gasteiger partial charge in [0, 0.05) is 6.08 Å². The molecule has 0 rings (SSSR count). The highest BCUT2D eigenvalue weighted by Crippen LogP contribution is 2.13. The molecule has 2 nitrogen and oxygen atoms in total. The van der Waals surface area contributed by atoms with E-state index in [0.29, 0.717) is 0 Å². The van der Waals surface area contributed by atoms with E-state index in [9.17, 15) is 4.79 Å². The lowest BCUT2D eigenvalue weighted by Gasteiger charge is -2.03. The smallest absolute Gasteiger partial charge is 0.327 e. The normalized spacial score (nSPS) is 10.0. The molecule has 0 fully saturated rings. The van der Waals surface area contributed by atoms with E-state index in [2.05, 4.69) is 20.4 Å². The number of unbranched alkanes of at least 4 members (excludes halogenated alkanes) is 15. The Morgan fingerprint density at radius 3 is 0.957 bits per heavy atom. The van der Waals surface area contributed by atoms with Crippen LogP contribution in [-0.4, -0.2) is 11.1 Å². The fourth-order valence-corrected chi connectivity index (χ4v) is 2.62. The van der Waals surface area contributed by atoms with Crippen LogP contribution in [0.3, 0.4) is 0 Å². The third-order valence-electron chi connectivity index (χ3n) is 4.13. The zero-order valence-electron chi connectivity index (χ0n) is 16.0. The summed E-state index contributed by atoms with van der Waals surface area (Å²) in [7, 11) is 0. The molecule has 0 aliphatic rings. The molecule has 0 saturated heterocycles. The van der Waals surface area contributed by atoms with Crippen molar-refractivity contribution in [3.63, 3.8) is 0 Å². The Morgan fingerprint density at radius 2 is 0.826 bits per heavy atom. The number of aliphatic carboxylic acids is 1. The van der Waals surface area contributed by atoms with Crippen LogP contribution in [0.25, 0.3) is 0 Å². The van der Waals surface area contributed by atoms with E-state index in [-0.39, 0.29) is 0 Å². The Bertz CT molecular complexity index is 220. The van der Waals surface area contributed by atoms with E-state index in [1.807, 2.05) is 0 Å². The molecule has 0 aliphatic carbocycles.